The summed E-state index contributed by atoms with van der Waals surface area (Å²) in [5.41, 5.74) is 19.9. The molecule has 0 fully saturated rings. The van der Waals surface area contributed by atoms with E-state index in [9.17, 15) is 0 Å². The predicted octanol–water partition coefficient (Wildman–Crippen LogP) is 10.0. The van der Waals surface area contributed by atoms with E-state index in [4.69, 9.17) is 5.73 Å². The number of hydrogen-bond donors (Lipinski definition) is 1. The van der Waals surface area contributed by atoms with Crippen molar-refractivity contribution in [3.05, 3.63) is 180 Å². The molecule has 0 spiro atoms. The van der Waals surface area contributed by atoms with Gasteiger partial charge in [-0.25, -0.2) is 0 Å². The molecule has 0 saturated carbocycles. The molecule has 0 aliphatic carbocycles. The smallest absolute Gasteiger partial charge is 0.0679 e. The van der Waals surface area contributed by atoms with E-state index in [1.807, 2.05) is 66.7 Å². The summed E-state index contributed by atoms with van der Waals surface area (Å²) in [6.07, 6.45) is 4.93. The molecule has 2 aromatic heterocycles. The molecular weight excluding hydrogens is 623 g/mol. The average molecular weight is 662 g/mol. The maximum Gasteiger partial charge on any atom is 0.0679 e. The minimum absolute atomic E-state index is 0.722. The third-order valence-electron chi connectivity index (χ3n) is 9.79. The van der Waals surface area contributed by atoms with Gasteiger partial charge in [0, 0.05) is 65.4 Å². The van der Waals surface area contributed by atoms with Crippen LogP contribution in [-0.4, -0.2) is 34.7 Å². The van der Waals surface area contributed by atoms with Crippen LogP contribution in [0.1, 0.15) is 22.4 Å². The quantitative estimate of drug-likeness (QED) is 0.183. The average Bonchev–Trinajstić information content (AvgIpc) is 3.69. The molecule has 248 valence electrons. The summed E-state index contributed by atoms with van der Waals surface area (Å²) in [5.74, 6) is 0. The van der Waals surface area contributed by atoms with Crippen molar-refractivity contribution in [2.45, 2.75) is 6.42 Å². The number of aromatic nitrogens is 2. The molecule has 0 radical (unpaired) electrons. The molecule has 0 unspecified atom stereocenters. The molecule has 0 saturated heterocycles. The zero-order chi connectivity index (χ0) is 34.7. The SMILES string of the molecule is CN=C(/C=C(\N)c1ccccc1)c1ccccc1.Cn1c2ccccc2c2cc(-c3cccc4c3c3c(n4-c4ccccc4)C=NCC3)ccc21. The Kier molecular flexibility index (Phi) is 8.61. The van der Waals surface area contributed by atoms with E-state index in [0.717, 1.165) is 35.5 Å². The summed E-state index contributed by atoms with van der Waals surface area (Å²) in [4.78, 5) is 8.92. The normalized spacial score (nSPS) is 13.0. The Balaban J connectivity index is 0.000000177. The lowest BCUT2D eigenvalue weighted by atomic mass is 9.95. The molecule has 1 aliphatic heterocycles. The number of allylic oxidation sites excluding steroid dienone is 1. The summed E-state index contributed by atoms with van der Waals surface area (Å²) >= 11 is 0. The molecule has 5 nitrogen and oxygen atoms in total. The van der Waals surface area contributed by atoms with E-state index >= 15 is 0 Å². The lowest BCUT2D eigenvalue weighted by Crippen LogP contribution is -2.06. The lowest BCUT2D eigenvalue weighted by Gasteiger charge is -2.11. The summed E-state index contributed by atoms with van der Waals surface area (Å²) in [7, 11) is 3.93. The van der Waals surface area contributed by atoms with Gasteiger partial charge >= 0.3 is 0 Å². The van der Waals surface area contributed by atoms with E-state index in [0.29, 0.717) is 0 Å². The molecule has 5 heteroatoms. The third kappa shape index (κ3) is 5.93. The number of aliphatic imine (C=N–C) groups is 2. The molecule has 2 N–H and O–H groups in total. The highest BCUT2D eigenvalue weighted by molar-refractivity contribution is 6.12. The van der Waals surface area contributed by atoms with Gasteiger partial charge < -0.3 is 14.9 Å². The van der Waals surface area contributed by atoms with Crippen LogP contribution in [0.25, 0.3) is 55.2 Å². The van der Waals surface area contributed by atoms with E-state index < -0.39 is 0 Å². The van der Waals surface area contributed by atoms with Crippen LogP contribution in [0, 0.1) is 0 Å². The summed E-state index contributed by atoms with van der Waals surface area (Å²) in [5, 5.41) is 3.96. The Morgan fingerprint density at radius 3 is 2.08 bits per heavy atom. The number of para-hydroxylation sites is 2. The monoisotopic (exact) mass is 661 g/mol. The molecule has 1 aliphatic rings. The second-order valence-corrected chi connectivity index (χ2v) is 12.8. The topological polar surface area (TPSA) is 60.6 Å². The van der Waals surface area contributed by atoms with Gasteiger partial charge in [-0.05, 0) is 76.7 Å². The molecule has 6 aromatic carbocycles. The van der Waals surface area contributed by atoms with E-state index in [2.05, 4.69) is 123 Å². The maximum absolute atomic E-state index is 6.09. The Morgan fingerprint density at radius 1 is 0.686 bits per heavy atom. The first kappa shape index (κ1) is 31.8. The van der Waals surface area contributed by atoms with Crippen molar-refractivity contribution in [2.24, 2.45) is 22.8 Å². The molecule has 0 bridgehead atoms. The van der Waals surface area contributed by atoms with Gasteiger partial charge in [-0.15, -0.1) is 0 Å². The Bertz CT molecular complexity index is 2590. The fourth-order valence-electron chi connectivity index (χ4n) is 7.33. The maximum atomic E-state index is 6.09. The Morgan fingerprint density at radius 2 is 1.33 bits per heavy atom. The van der Waals surface area contributed by atoms with Gasteiger partial charge in [0.15, 0.2) is 0 Å². The zero-order valence-corrected chi connectivity index (χ0v) is 28.9. The van der Waals surface area contributed by atoms with Gasteiger partial charge in [0.2, 0.25) is 0 Å². The molecule has 9 rings (SSSR count). The lowest BCUT2D eigenvalue weighted by molar-refractivity contribution is 0.940. The number of hydrogen-bond acceptors (Lipinski definition) is 3. The van der Waals surface area contributed by atoms with Crippen molar-refractivity contribution in [2.75, 3.05) is 13.6 Å². The van der Waals surface area contributed by atoms with Crippen molar-refractivity contribution in [3.8, 4) is 16.8 Å². The summed E-state index contributed by atoms with van der Waals surface area (Å²) in [6, 6.07) is 52.9. The van der Waals surface area contributed by atoms with E-state index in [1.54, 1.807) is 7.05 Å². The fourth-order valence-corrected chi connectivity index (χ4v) is 7.33. The van der Waals surface area contributed by atoms with Crippen LogP contribution in [-0.2, 0) is 13.5 Å². The highest BCUT2D eigenvalue weighted by Crippen LogP contribution is 2.39. The first-order valence-corrected chi connectivity index (χ1v) is 17.4. The van der Waals surface area contributed by atoms with Gasteiger partial charge in [-0.1, -0.05) is 115 Å². The van der Waals surface area contributed by atoms with Crippen molar-refractivity contribution < 1.29 is 0 Å². The van der Waals surface area contributed by atoms with Gasteiger partial charge in [-0.2, -0.15) is 0 Å². The molecule has 0 atom stereocenters. The first-order valence-electron chi connectivity index (χ1n) is 17.4. The van der Waals surface area contributed by atoms with Crippen LogP contribution >= 0.6 is 0 Å². The van der Waals surface area contributed by atoms with Gasteiger partial charge in [-0.3, -0.25) is 9.98 Å². The van der Waals surface area contributed by atoms with Crippen molar-refractivity contribution in [1.82, 2.24) is 9.13 Å². The number of benzene rings is 6. The molecule has 3 heterocycles. The van der Waals surface area contributed by atoms with Crippen LogP contribution in [0.2, 0.25) is 0 Å². The number of nitrogens with two attached hydrogens (primary N) is 1. The van der Waals surface area contributed by atoms with Gasteiger partial charge in [0.05, 0.1) is 16.9 Å². The standard InChI is InChI=1S/C30H23N3.C16H16N2/c1-32-26-12-6-5-10-23(26)25-18-20(14-15-27(25)32)22-11-7-13-28-30(22)24-16-17-31-19-29(24)33(28)21-8-3-2-4-9-21;1-18-16(14-10-6-3-7-11-14)12-15(17)13-8-4-2-5-9-13/h2-15,18-19H,16-17H2,1H3;2-12H,17H2,1H3/b;15-12-,18-16?. The first-order chi connectivity index (χ1) is 25.1. The highest BCUT2D eigenvalue weighted by atomic mass is 15.0. The molecule has 51 heavy (non-hydrogen) atoms. The Labute approximate surface area is 298 Å². The van der Waals surface area contributed by atoms with Gasteiger partial charge in [0.25, 0.3) is 0 Å². The van der Waals surface area contributed by atoms with Crippen LogP contribution in [0.5, 0.6) is 0 Å². The van der Waals surface area contributed by atoms with Gasteiger partial charge in [0.1, 0.15) is 0 Å². The number of rotatable bonds is 5. The van der Waals surface area contributed by atoms with E-state index in [1.165, 1.54) is 60.8 Å². The highest BCUT2D eigenvalue weighted by Gasteiger charge is 2.22. The van der Waals surface area contributed by atoms with Crippen molar-refractivity contribution >= 4 is 50.3 Å². The minimum Gasteiger partial charge on any atom is -0.398 e. The predicted molar refractivity (Wildman–Crippen MR) is 216 cm³/mol. The second kappa shape index (κ2) is 13.8. The second-order valence-electron chi connectivity index (χ2n) is 12.8. The number of nitrogens with zero attached hydrogens (tertiary/aromatic N) is 4. The Hall–Kier alpha value is -6.46. The van der Waals surface area contributed by atoms with Crippen molar-refractivity contribution in [1.29, 1.82) is 0 Å². The number of fused-ring (bicyclic) bond motifs is 6. The minimum atomic E-state index is 0.722. The largest absolute Gasteiger partial charge is 0.398 e. The van der Waals surface area contributed by atoms with Crippen molar-refractivity contribution in [3.63, 3.8) is 0 Å². The fraction of sp³-hybridized carbons (Fsp3) is 0.0870. The number of aryl methyl sites for hydroxylation is 1. The summed E-state index contributed by atoms with van der Waals surface area (Å²) in [6.45, 7) is 0.845. The van der Waals surface area contributed by atoms with Crippen LogP contribution < -0.4 is 5.73 Å². The van der Waals surface area contributed by atoms with Crippen LogP contribution in [0.15, 0.2) is 168 Å². The molecule has 8 aromatic rings. The molecule has 0 amide bonds. The zero-order valence-electron chi connectivity index (χ0n) is 28.9. The molecular formula is C46H39N5. The van der Waals surface area contributed by atoms with Crippen LogP contribution in [0.4, 0.5) is 0 Å². The van der Waals surface area contributed by atoms with Crippen LogP contribution in [0.3, 0.4) is 0 Å². The van der Waals surface area contributed by atoms with E-state index in [-0.39, 0.29) is 0 Å². The summed E-state index contributed by atoms with van der Waals surface area (Å²) < 4.78 is 4.66. The third-order valence-corrected chi connectivity index (χ3v) is 9.79.